The van der Waals surface area contributed by atoms with Crippen LogP contribution >= 0.6 is 0 Å². The molecular weight excluding hydrogens is 266 g/mol. The van der Waals surface area contributed by atoms with Gasteiger partial charge in [0.1, 0.15) is 0 Å². The zero-order chi connectivity index (χ0) is 14.5. The molecule has 2 aliphatic rings. The van der Waals surface area contributed by atoms with Gasteiger partial charge in [-0.15, -0.1) is 0 Å². The lowest BCUT2D eigenvalue weighted by atomic mass is 9.92. The first-order valence-corrected chi connectivity index (χ1v) is 8.00. The Balaban J connectivity index is 1.71. The topological polar surface area (TPSA) is 39.7 Å². The van der Waals surface area contributed by atoms with Crippen molar-refractivity contribution in [2.45, 2.75) is 38.0 Å². The first kappa shape index (κ1) is 15.0. The largest absolute Gasteiger partial charge is 0.376 e. The molecule has 1 fully saturated rings. The Labute approximate surface area is 126 Å². The van der Waals surface area contributed by atoms with Crippen molar-refractivity contribution in [2.24, 2.45) is 0 Å². The Morgan fingerprint density at radius 3 is 2.90 bits per heavy atom. The molecule has 0 aromatic heterocycles. The zero-order valence-corrected chi connectivity index (χ0v) is 12.7. The molecule has 1 aromatic rings. The lowest BCUT2D eigenvalue weighted by Crippen LogP contribution is -2.47. The minimum atomic E-state index is 0.122. The van der Waals surface area contributed by atoms with Crippen molar-refractivity contribution in [3.05, 3.63) is 35.4 Å². The van der Waals surface area contributed by atoms with Crippen LogP contribution in [0.15, 0.2) is 24.3 Å². The number of hydrogen-bond acceptors (Lipinski definition) is 4. The third-order valence-corrected chi connectivity index (χ3v) is 4.32. The second-order valence-electron chi connectivity index (χ2n) is 5.69. The highest BCUT2D eigenvalue weighted by Crippen LogP contribution is 2.31. The summed E-state index contributed by atoms with van der Waals surface area (Å²) in [4.78, 5) is 0. The van der Waals surface area contributed by atoms with E-state index in [1.165, 1.54) is 11.1 Å². The van der Waals surface area contributed by atoms with Gasteiger partial charge in [-0.05, 0) is 30.5 Å². The summed E-state index contributed by atoms with van der Waals surface area (Å²) in [5, 5.41) is 3.55. The van der Waals surface area contributed by atoms with Crippen LogP contribution in [0, 0.1) is 0 Å². The van der Waals surface area contributed by atoms with Crippen molar-refractivity contribution in [2.75, 3.05) is 33.0 Å². The van der Waals surface area contributed by atoms with E-state index in [1.807, 2.05) is 0 Å². The molecule has 3 atom stereocenters. The van der Waals surface area contributed by atoms with Gasteiger partial charge >= 0.3 is 0 Å². The number of ether oxygens (including phenoxy) is 3. The van der Waals surface area contributed by atoms with Gasteiger partial charge in [0, 0.05) is 6.04 Å². The van der Waals surface area contributed by atoms with Crippen LogP contribution < -0.4 is 5.32 Å². The van der Waals surface area contributed by atoms with Crippen molar-refractivity contribution < 1.29 is 14.2 Å². The number of fused-ring (bicyclic) bond motifs is 1. The van der Waals surface area contributed by atoms with Gasteiger partial charge in [-0.2, -0.15) is 0 Å². The van der Waals surface area contributed by atoms with Crippen molar-refractivity contribution in [1.29, 1.82) is 0 Å². The third-order valence-electron chi connectivity index (χ3n) is 4.32. The minimum absolute atomic E-state index is 0.122. The predicted octanol–water partition coefficient (Wildman–Crippen LogP) is 2.08. The second-order valence-corrected chi connectivity index (χ2v) is 5.69. The minimum Gasteiger partial charge on any atom is -0.376 e. The molecule has 1 aromatic carbocycles. The van der Waals surface area contributed by atoms with Gasteiger partial charge in [-0.25, -0.2) is 0 Å². The molecule has 3 rings (SSSR count). The first-order valence-electron chi connectivity index (χ1n) is 8.00. The van der Waals surface area contributed by atoms with Gasteiger partial charge in [0.05, 0.1) is 38.6 Å². The van der Waals surface area contributed by atoms with E-state index >= 15 is 0 Å². The van der Waals surface area contributed by atoms with Crippen molar-refractivity contribution in [3.8, 4) is 0 Å². The monoisotopic (exact) mass is 291 g/mol. The van der Waals surface area contributed by atoms with Crippen LogP contribution in [0.1, 0.15) is 30.6 Å². The number of likely N-dealkylation sites (N-methyl/N-ethyl adjacent to an activating group) is 1. The highest BCUT2D eigenvalue weighted by molar-refractivity contribution is 5.31. The van der Waals surface area contributed by atoms with Crippen molar-refractivity contribution in [1.82, 2.24) is 5.32 Å². The number of hydrogen-bond donors (Lipinski definition) is 1. The molecule has 0 aliphatic carbocycles. The molecule has 0 saturated carbocycles. The average molecular weight is 291 g/mol. The summed E-state index contributed by atoms with van der Waals surface area (Å²) in [5.74, 6) is 0. The summed E-state index contributed by atoms with van der Waals surface area (Å²) in [6.45, 7) is 5.94. The highest BCUT2D eigenvalue weighted by Gasteiger charge is 2.30. The van der Waals surface area contributed by atoms with Gasteiger partial charge in [-0.3, -0.25) is 0 Å². The molecule has 0 radical (unpaired) electrons. The quantitative estimate of drug-likeness (QED) is 0.901. The molecule has 4 heteroatoms. The fourth-order valence-electron chi connectivity index (χ4n) is 3.27. The van der Waals surface area contributed by atoms with Crippen LogP contribution in [-0.4, -0.2) is 45.1 Å². The summed E-state index contributed by atoms with van der Waals surface area (Å²) in [6.07, 6.45) is 2.22. The summed E-state index contributed by atoms with van der Waals surface area (Å²) < 4.78 is 17.5. The molecule has 2 aliphatic heterocycles. The van der Waals surface area contributed by atoms with E-state index in [9.17, 15) is 0 Å². The SMILES string of the molecule is CCNC(CC1OCCc2ccccc21)C1COCCO1. The number of benzene rings is 1. The molecular formula is C17H25NO3. The number of nitrogens with one attached hydrogen (secondary N) is 1. The maximum atomic E-state index is 6.04. The number of rotatable bonds is 5. The molecule has 21 heavy (non-hydrogen) atoms. The highest BCUT2D eigenvalue weighted by atomic mass is 16.6. The van der Waals surface area contributed by atoms with Gasteiger partial charge < -0.3 is 19.5 Å². The van der Waals surface area contributed by atoms with Crippen LogP contribution in [-0.2, 0) is 20.6 Å². The Morgan fingerprint density at radius 2 is 2.10 bits per heavy atom. The molecule has 0 spiro atoms. The smallest absolute Gasteiger partial charge is 0.0963 e. The molecule has 4 nitrogen and oxygen atoms in total. The average Bonchev–Trinajstić information content (AvgIpc) is 2.55. The molecule has 0 amide bonds. The maximum absolute atomic E-state index is 6.04. The molecule has 1 N–H and O–H groups in total. The van der Waals surface area contributed by atoms with E-state index in [2.05, 4.69) is 36.5 Å². The summed E-state index contributed by atoms with van der Waals surface area (Å²) in [5.41, 5.74) is 2.76. The van der Waals surface area contributed by atoms with E-state index in [0.717, 1.165) is 26.0 Å². The third kappa shape index (κ3) is 3.64. The zero-order valence-electron chi connectivity index (χ0n) is 12.7. The van der Waals surface area contributed by atoms with E-state index in [1.54, 1.807) is 0 Å². The van der Waals surface area contributed by atoms with Crippen LogP contribution in [0.25, 0.3) is 0 Å². The van der Waals surface area contributed by atoms with Gasteiger partial charge in [0.2, 0.25) is 0 Å². The molecule has 1 saturated heterocycles. The van der Waals surface area contributed by atoms with E-state index < -0.39 is 0 Å². The lowest BCUT2D eigenvalue weighted by Gasteiger charge is -2.35. The van der Waals surface area contributed by atoms with Crippen LogP contribution in [0.3, 0.4) is 0 Å². The van der Waals surface area contributed by atoms with E-state index in [-0.39, 0.29) is 18.2 Å². The predicted molar refractivity (Wildman–Crippen MR) is 81.5 cm³/mol. The Kier molecular flexibility index (Phi) is 5.25. The van der Waals surface area contributed by atoms with Crippen molar-refractivity contribution in [3.63, 3.8) is 0 Å². The Bertz CT molecular complexity index is 445. The standard InChI is InChI=1S/C17H25NO3/c1-2-18-15(17-12-19-9-10-21-17)11-16-14-6-4-3-5-13(14)7-8-20-16/h3-6,15-18H,2,7-12H2,1H3. The summed E-state index contributed by atoms with van der Waals surface area (Å²) in [7, 11) is 0. The second kappa shape index (κ2) is 7.36. The maximum Gasteiger partial charge on any atom is 0.0963 e. The van der Waals surface area contributed by atoms with Crippen molar-refractivity contribution >= 4 is 0 Å². The lowest BCUT2D eigenvalue weighted by molar-refractivity contribution is -0.108. The van der Waals surface area contributed by atoms with Crippen LogP contribution in [0.4, 0.5) is 0 Å². The first-order chi connectivity index (χ1) is 10.4. The summed E-state index contributed by atoms with van der Waals surface area (Å²) in [6, 6.07) is 8.89. The van der Waals surface area contributed by atoms with Crippen LogP contribution in [0.2, 0.25) is 0 Å². The Morgan fingerprint density at radius 1 is 1.19 bits per heavy atom. The van der Waals surface area contributed by atoms with Crippen LogP contribution in [0.5, 0.6) is 0 Å². The molecule has 0 bridgehead atoms. The normalized spacial score (nSPS) is 27.1. The van der Waals surface area contributed by atoms with E-state index in [0.29, 0.717) is 19.8 Å². The molecule has 3 unspecified atom stereocenters. The van der Waals surface area contributed by atoms with Gasteiger partial charge in [-0.1, -0.05) is 31.2 Å². The molecule has 2 heterocycles. The van der Waals surface area contributed by atoms with Gasteiger partial charge in [0.25, 0.3) is 0 Å². The van der Waals surface area contributed by atoms with Gasteiger partial charge in [0.15, 0.2) is 0 Å². The summed E-state index contributed by atoms with van der Waals surface area (Å²) >= 11 is 0. The fourth-order valence-corrected chi connectivity index (χ4v) is 3.27. The fraction of sp³-hybridized carbons (Fsp3) is 0.647. The molecule has 116 valence electrons. The van der Waals surface area contributed by atoms with E-state index in [4.69, 9.17) is 14.2 Å². The Hall–Kier alpha value is -0.940.